The number of aliphatic hydroxyl groups excluding tert-OH is 1. The third kappa shape index (κ3) is 2.44. The second-order valence-electron chi connectivity index (χ2n) is 3.08. The molecule has 1 aromatic heterocycles. The Bertz CT molecular complexity index is 260. The van der Waals surface area contributed by atoms with Gasteiger partial charge in [0.2, 0.25) is 0 Å². The fourth-order valence-electron chi connectivity index (χ4n) is 0.913. The van der Waals surface area contributed by atoms with Crippen LogP contribution in [0.1, 0.15) is 23.7 Å². The highest BCUT2D eigenvalue weighted by Gasteiger charge is 2.08. The van der Waals surface area contributed by atoms with Gasteiger partial charge in [0.15, 0.2) is 0 Å². The molecule has 0 spiro atoms. The van der Waals surface area contributed by atoms with E-state index in [1.165, 1.54) is 11.3 Å². The van der Waals surface area contributed by atoms with E-state index < -0.39 is 0 Å². The van der Waals surface area contributed by atoms with E-state index in [-0.39, 0.29) is 6.61 Å². The summed E-state index contributed by atoms with van der Waals surface area (Å²) in [6, 6.07) is 0. The Labute approximate surface area is 81.2 Å². The summed E-state index contributed by atoms with van der Waals surface area (Å²) in [4.78, 5) is 4.92. The zero-order chi connectivity index (χ0) is 9.14. The van der Waals surface area contributed by atoms with Crippen LogP contribution in [0.25, 0.3) is 0 Å². The molecule has 2 nitrogen and oxygen atoms in total. The Kier molecular flexibility index (Phi) is 3.50. The van der Waals surface area contributed by atoms with Crippen molar-refractivity contribution in [2.75, 3.05) is 0 Å². The van der Waals surface area contributed by atoms with Gasteiger partial charge in [0.25, 0.3) is 0 Å². The van der Waals surface area contributed by atoms with Crippen molar-refractivity contribution in [2.24, 2.45) is 5.92 Å². The molecule has 0 radical (unpaired) electrons. The summed E-state index contributed by atoms with van der Waals surface area (Å²) in [6.07, 6.45) is 0.935. The molecule has 0 fully saturated rings. The maximum atomic E-state index is 8.85. The van der Waals surface area contributed by atoms with Crippen LogP contribution in [0.5, 0.6) is 0 Å². The molecule has 68 valence electrons. The van der Waals surface area contributed by atoms with E-state index in [1.807, 2.05) is 0 Å². The van der Waals surface area contributed by atoms with Gasteiger partial charge in [-0.2, -0.15) is 0 Å². The van der Waals surface area contributed by atoms with Gasteiger partial charge in [-0.3, -0.25) is 0 Å². The van der Waals surface area contributed by atoms with Gasteiger partial charge < -0.3 is 5.11 Å². The molecule has 0 atom stereocenters. The molecule has 1 aromatic rings. The number of hydrogen-bond acceptors (Lipinski definition) is 3. The average Bonchev–Trinajstić information content (AvgIpc) is 2.29. The molecule has 1 rings (SSSR count). The Morgan fingerprint density at radius 1 is 1.58 bits per heavy atom. The highest BCUT2D eigenvalue weighted by molar-refractivity contribution is 7.12. The van der Waals surface area contributed by atoms with Crippen LogP contribution in [-0.2, 0) is 13.0 Å². The van der Waals surface area contributed by atoms with Gasteiger partial charge in [-0.15, -0.1) is 11.3 Å². The van der Waals surface area contributed by atoms with Gasteiger partial charge in [-0.05, 0) is 5.92 Å². The molecule has 1 heterocycles. The van der Waals surface area contributed by atoms with E-state index >= 15 is 0 Å². The summed E-state index contributed by atoms with van der Waals surface area (Å²) < 4.78 is 0. The first-order valence-corrected chi connectivity index (χ1v) is 5.08. The molecule has 12 heavy (non-hydrogen) atoms. The molecule has 0 aliphatic rings. The van der Waals surface area contributed by atoms with Crippen LogP contribution in [-0.4, -0.2) is 10.1 Å². The van der Waals surface area contributed by atoms with Gasteiger partial charge in [-0.1, -0.05) is 25.4 Å². The molecule has 0 aromatic carbocycles. The standard InChI is InChI=1S/C8H12ClNOS/c1-5(2)3-7-10-8(9)6(4-11)12-7/h5,11H,3-4H2,1-2H3. The van der Waals surface area contributed by atoms with Gasteiger partial charge >= 0.3 is 0 Å². The first-order chi connectivity index (χ1) is 5.63. The third-order valence-corrected chi connectivity index (χ3v) is 2.91. The van der Waals surface area contributed by atoms with E-state index in [0.717, 1.165) is 16.3 Å². The minimum absolute atomic E-state index is 0.00536. The van der Waals surface area contributed by atoms with Crippen LogP contribution in [0.15, 0.2) is 0 Å². The number of halogens is 1. The monoisotopic (exact) mass is 205 g/mol. The van der Waals surface area contributed by atoms with Crippen LogP contribution < -0.4 is 0 Å². The van der Waals surface area contributed by atoms with E-state index in [9.17, 15) is 0 Å². The Morgan fingerprint density at radius 2 is 2.25 bits per heavy atom. The molecular weight excluding hydrogens is 194 g/mol. The van der Waals surface area contributed by atoms with E-state index in [4.69, 9.17) is 16.7 Å². The smallest absolute Gasteiger partial charge is 0.145 e. The molecule has 0 aliphatic carbocycles. The van der Waals surface area contributed by atoms with Crippen molar-refractivity contribution in [1.82, 2.24) is 4.98 Å². The highest BCUT2D eigenvalue weighted by Crippen LogP contribution is 2.24. The first kappa shape index (κ1) is 9.96. The van der Waals surface area contributed by atoms with Crippen molar-refractivity contribution in [3.63, 3.8) is 0 Å². The zero-order valence-electron chi connectivity index (χ0n) is 7.17. The number of hydrogen-bond donors (Lipinski definition) is 1. The largest absolute Gasteiger partial charge is 0.391 e. The van der Waals surface area contributed by atoms with Gasteiger partial charge in [-0.25, -0.2) is 4.98 Å². The Hall–Kier alpha value is -0.120. The van der Waals surface area contributed by atoms with Gasteiger partial charge in [0.05, 0.1) is 16.5 Å². The molecule has 0 saturated heterocycles. The van der Waals surface area contributed by atoms with Crippen LogP contribution in [0.3, 0.4) is 0 Å². The topological polar surface area (TPSA) is 33.1 Å². The lowest BCUT2D eigenvalue weighted by atomic mass is 10.1. The summed E-state index contributed by atoms with van der Waals surface area (Å²) in [6.45, 7) is 4.26. The summed E-state index contributed by atoms with van der Waals surface area (Å²) in [5.41, 5.74) is 0. The van der Waals surface area contributed by atoms with Gasteiger partial charge in [0.1, 0.15) is 5.15 Å². The quantitative estimate of drug-likeness (QED) is 0.823. The number of thiazole rings is 1. The molecule has 1 N–H and O–H groups in total. The lowest BCUT2D eigenvalue weighted by Gasteiger charge is -1.97. The Balaban J connectivity index is 2.75. The molecule has 0 unspecified atom stereocenters. The number of aromatic nitrogens is 1. The van der Waals surface area contributed by atoms with Gasteiger partial charge in [0, 0.05) is 6.42 Å². The molecule has 4 heteroatoms. The fraction of sp³-hybridized carbons (Fsp3) is 0.625. The zero-order valence-corrected chi connectivity index (χ0v) is 8.74. The van der Waals surface area contributed by atoms with Crippen molar-refractivity contribution in [3.05, 3.63) is 15.0 Å². The van der Waals surface area contributed by atoms with E-state index in [0.29, 0.717) is 11.1 Å². The second-order valence-corrected chi connectivity index (χ2v) is 4.60. The van der Waals surface area contributed by atoms with Crippen molar-refractivity contribution < 1.29 is 5.11 Å². The first-order valence-electron chi connectivity index (χ1n) is 3.88. The highest BCUT2D eigenvalue weighted by atomic mass is 35.5. The molecule has 0 saturated carbocycles. The lowest BCUT2D eigenvalue weighted by molar-refractivity contribution is 0.285. The average molecular weight is 206 g/mol. The van der Waals surface area contributed by atoms with Crippen LogP contribution >= 0.6 is 22.9 Å². The van der Waals surface area contributed by atoms with Crippen LogP contribution in [0.4, 0.5) is 0 Å². The van der Waals surface area contributed by atoms with E-state index in [2.05, 4.69) is 18.8 Å². The van der Waals surface area contributed by atoms with Crippen LogP contribution in [0.2, 0.25) is 5.15 Å². The fourth-order valence-corrected chi connectivity index (χ4v) is 2.27. The van der Waals surface area contributed by atoms with Crippen LogP contribution in [0, 0.1) is 5.92 Å². The Morgan fingerprint density at radius 3 is 2.67 bits per heavy atom. The van der Waals surface area contributed by atoms with E-state index in [1.54, 1.807) is 0 Å². The number of nitrogens with zero attached hydrogens (tertiary/aromatic N) is 1. The maximum Gasteiger partial charge on any atom is 0.145 e. The normalized spacial score (nSPS) is 11.1. The predicted molar refractivity (Wildman–Crippen MR) is 51.6 cm³/mol. The predicted octanol–water partition coefficient (Wildman–Crippen LogP) is 2.49. The van der Waals surface area contributed by atoms with Crippen molar-refractivity contribution >= 4 is 22.9 Å². The van der Waals surface area contributed by atoms with Crippen molar-refractivity contribution in [3.8, 4) is 0 Å². The summed E-state index contributed by atoms with van der Waals surface area (Å²) in [5, 5.41) is 10.3. The molecular formula is C8H12ClNOS. The van der Waals surface area contributed by atoms with Crippen molar-refractivity contribution in [2.45, 2.75) is 26.9 Å². The molecule has 0 bridgehead atoms. The van der Waals surface area contributed by atoms with Crippen molar-refractivity contribution in [1.29, 1.82) is 0 Å². The summed E-state index contributed by atoms with van der Waals surface area (Å²) >= 11 is 7.26. The SMILES string of the molecule is CC(C)Cc1nc(Cl)c(CO)s1. The minimum Gasteiger partial charge on any atom is -0.391 e. The lowest BCUT2D eigenvalue weighted by Crippen LogP contribution is -1.91. The second kappa shape index (κ2) is 4.21. The summed E-state index contributed by atoms with van der Waals surface area (Å²) in [7, 11) is 0. The maximum absolute atomic E-state index is 8.85. The number of rotatable bonds is 3. The third-order valence-electron chi connectivity index (χ3n) is 1.42. The molecule has 0 amide bonds. The molecule has 0 aliphatic heterocycles. The number of aliphatic hydroxyl groups is 1. The summed E-state index contributed by atoms with van der Waals surface area (Å²) in [5.74, 6) is 0.582. The minimum atomic E-state index is -0.00536.